The molecule has 1 heteroatoms. The minimum absolute atomic E-state index is 0.345. The van der Waals surface area contributed by atoms with Crippen molar-refractivity contribution in [3.05, 3.63) is 65.9 Å². The zero-order valence-corrected chi connectivity index (χ0v) is 14.8. The van der Waals surface area contributed by atoms with Crippen LogP contribution in [0.5, 0.6) is 0 Å². The Bertz CT molecular complexity index is 872. The highest BCUT2D eigenvalue weighted by Crippen LogP contribution is 2.42. The summed E-state index contributed by atoms with van der Waals surface area (Å²) in [6, 6.07) is 19.5. The Morgan fingerprint density at radius 3 is 2.38 bits per heavy atom. The first-order valence-corrected chi connectivity index (χ1v) is 9.00. The van der Waals surface area contributed by atoms with Crippen molar-refractivity contribution < 1.29 is 0 Å². The molecular weight excluding hydrogens is 290 g/mol. The molecule has 1 heterocycles. The Balaban J connectivity index is 1.98. The molecule has 1 aliphatic rings. The molecule has 0 radical (unpaired) electrons. The molecule has 0 N–H and O–H groups in total. The standard InChI is InChI=1S/C23H25N/c1-23(2,3)17-13-14-21-19(15-17)22(16-9-5-4-6-10-16)18-11-7-8-12-20(18)24-21/h4-12,17H,13-15H2,1-3H3/t17-/m1/s1. The van der Waals surface area contributed by atoms with Crippen LogP contribution in [0.2, 0.25) is 0 Å². The van der Waals surface area contributed by atoms with Crippen molar-refractivity contribution in [2.75, 3.05) is 0 Å². The number of fused-ring (bicyclic) bond motifs is 2. The summed E-state index contributed by atoms with van der Waals surface area (Å²) in [5.41, 5.74) is 6.99. The van der Waals surface area contributed by atoms with Gasteiger partial charge in [-0.05, 0) is 53.4 Å². The van der Waals surface area contributed by atoms with Gasteiger partial charge in [0.1, 0.15) is 0 Å². The quantitative estimate of drug-likeness (QED) is 0.532. The monoisotopic (exact) mass is 315 g/mol. The maximum Gasteiger partial charge on any atom is 0.0711 e. The highest BCUT2D eigenvalue weighted by Gasteiger charge is 2.31. The molecule has 4 rings (SSSR count). The molecule has 0 bridgehead atoms. The maximum absolute atomic E-state index is 5.02. The molecule has 3 aromatic rings. The third-order valence-electron chi connectivity index (χ3n) is 5.55. The summed E-state index contributed by atoms with van der Waals surface area (Å²) in [5.74, 6) is 0.718. The van der Waals surface area contributed by atoms with Gasteiger partial charge in [0, 0.05) is 11.1 Å². The average molecular weight is 315 g/mol. The van der Waals surface area contributed by atoms with Gasteiger partial charge in [-0.1, -0.05) is 69.3 Å². The van der Waals surface area contributed by atoms with Crippen LogP contribution < -0.4 is 0 Å². The molecule has 0 amide bonds. The van der Waals surface area contributed by atoms with Gasteiger partial charge >= 0.3 is 0 Å². The van der Waals surface area contributed by atoms with Crippen LogP contribution >= 0.6 is 0 Å². The van der Waals surface area contributed by atoms with Gasteiger partial charge < -0.3 is 0 Å². The van der Waals surface area contributed by atoms with Crippen molar-refractivity contribution in [1.29, 1.82) is 0 Å². The number of rotatable bonds is 1. The van der Waals surface area contributed by atoms with E-state index in [1.807, 2.05) is 0 Å². The van der Waals surface area contributed by atoms with Gasteiger partial charge in [0.2, 0.25) is 0 Å². The van der Waals surface area contributed by atoms with Crippen molar-refractivity contribution in [3.8, 4) is 11.1 Å². The van der Waals surface area contributed by atoms with E-state index >= 15 is 0 Å². The first-order chi connectivity index (χ1) is 11.5. The first kappa shape index (κ1) is 15.4. The fourth-order valence-electron chi connectivity index (χ4n) is 4.06. The second kappa shape index (κ2) is 5.73. The summed E-state index contributed by atoms with van der Waals surface area (Å²) in [4.78, 5) is 5.02. The molecule has 0 unspecified atom stereocenters. The van der Waals surface area contributed by atoms with Crippen LogP contribution in [0.3, 0.4) is 0 Å². The smallest absolute Gasteiger partial charge is 0.0711 e. The molecule has 0 saturated carbocycles. The Hall–Kier alpha value is -2.15. The normalized spacial score (nSPS) is 17.7. The molecule has 1 atom stereocenters. The van der Waals surface area contributed by atoms with Crippen LogP contribution in [-0.4, -0.2) is 4.98 Å². The molecule has 1 nitrogen and oxygen atoms in total. The van der Waals surface area contributed by atoms with Crippen LogP contribution in [0.25, 0.3) is 22.0 Å². The largest absolute Gasteiger partial charge is 0.253 e. The zero-order chi connectivity index (χ0) is 16.7. The molecule has 24 heavy (non-hydrogen) atoms. The molecule has 122 valence electrons. The SMILES string of the molecule is CC(C)(C)[C@@H]1CCc2nc3ccccc3c(-c3ccccc3)c2C1. The maximum atomic E-state index is 5.02. The van der Waals surface area contributed by atoms with Crippen LogP contribution in [-0.2, 0) is 12.8 Å². The summed E-state index contributed by atoms with van der Waals surface area (Å²) in [6.45, 7) is 7.12. The van der Waals surface area contributed by atoms with Gasteiger partial charge in [-0.3, -0.25) is 4.98 Å². The molecule has 2 aromatic carbocycles. The van der Waals surface area contributed by atoms with Gasteiger partial charge in [-0.15, -0.1) is 0 Å². The molecule has 0 aliphatic heterocycles. The lowest BCUT2D eigenvalue weighted by molar-refractivity contribution is 0.215. The van der Waals surface area contributed by atoms with E-state index in [2.05, 4.69) is 75.4 Å². The molecule has 0 spiro atoms. The van der Waals surface area contributed by atoms with Crippen molar-refractivity contribution in [1.82, 2.24) is 4.98 Å². The van der Waals surface area contributed by atoms with Gasteiger partial charge in [0.15, 0.2) is 0 Å². The first-order valence-electron chi connectivity index (χ1n) is 9.00. The third-order valence-corrected chi connectivity index (χ3v) is 5.55. The van der Waals surface area contributed by atoms with E-state index in [1.165, 1.54) is 34.2 Å². The average Bonchev–Trinajstić information content (AvgIpc) is 2.59. The number of aromatic nitrogens is 1. The van der Waals surface area contributed by atoms with Crippen LogP contribution in [0.4, 0.5) is 0 Å². The topological polar surface area (TPSA) is 12.9 Å². The van der Waals surface area contributed by atoms with E-state index in [9.17, 15) is 0 Å². The lowest BCUT2D eigenvalue weighted by atomic mass is 9.70. The summed E-state index contributed by atoms with van der Waals surface area (Å²) >= 11 is 0. The highest BCUT2D eigenvalue weighted by atomic mass is 14.7. The van der Waals surface area contributed by atoms with E-state index in [-0.39, 0.29) is 0 Å². The number of hydrogen-bond acceptors (Lipinski definition) is 1. The molecule has 0 fully saturated rings. The minimum Gasteiger partial charge on any atom is -0.253 e. The van der Waals surface area contributed by atoms with Gasteiger partial charge in [0.25, 0.3) is 0 Å². The lowest BCUT2D eigenvalue weighted by Crippen LogP contribution is -2.27. The van der Waals surface area contributed by atoms with Gasteiger partial charge in [-0.25, -0.2) is 0 Å². The van der Waals surface area contributed by atoms with E-state index in [1.54, 1.807) is 0 Å². The molecule has 1 aromatic heterocycles. The second-order valence-corrected chi connectivity index (χ2v) is 8.10. The molecule has 1 aliphatic carbocycles. The number of nitrogens with zero attached hydrogens (tertiary/aromatic N) is 1. The summed E-state index contributed by atoms with van der Waals surface area (Å²) in [6.07, 6.45) is 3.49. The second-order valence-electron chi connectivity index (χ2n) is 8.10. The number of para-hydroxylation sites is 1. The number of hydrogen-bond donors (Lipinski definition) is 0. The van der Waals surface area contributed by atoms with Crippen LogP contribution in [0.15, 0.2) is 54.6 Å². The Kier molecular flexibility index (Phi) is 3.68. The summed E-state index contributed by atoms with van der Waals surface area (Å²) < 4.78 is 0. The fraction of sp³-hybridized carbons (Fsp3) is 0.348. The number of aryl methyl sites for hydroxylation is 1. The Morgan fingerprint density at radius 2 is 1.62 bits per heavy atom. The third kappa shape index (κ3) is 2.62. The predicted molar refractivity (Wildman–Crippen MR) is 102 cm³/mol. The van der Waals surface area contributed by atoms with E-state index in [0.717, 1.165) is 24.3 Å². The van der Waals surface area contributed by atoms with E-state index < -0.39 is 0 Å². The number of pyridine rings is 1. The van der Waals surface area contributed by atoms with Crippen LogP contribution in [0.1, 0.15) is 38.4 Å². The summed E-state index contributed by atoms with van der Waals surface area (Å²) in [5, 5.41) is 1.29. The lowest BCUT2D eigenvalue weighted by Gasteiger charge is -2.35. The molecule has 0 saturated heterocycles. The fourth-order valence-corrected chi connectivity index (χ4v) is 4.06. The predicted octanol–water partition coefficient (Wildman–Crippen LogP) is 6.05. The van der Waals surface area contributed by atoms with E-state index in [0.29, 0.717) is 5.41 Å². The Labute approximate surface area is 144 Å². The summed E-state index contributed by atoms with van der Waals surface area (Å²) in [7, 11) is 0. The van der Waals surface area contributed by atoms with Crippen molar-refractivity contribution in [2.45, 2.75) is 40.0 Å². The Morgan fingerprint density at radius 1 is 0.917 bits per heavy atom. The minimum atomic E-state index is 0.345. The van der Waals surface area contributed by atoms with Gasteiger partial charge in [0.05, 0.1) is 5.52 Å². The molecular formula is C23H25N. The number of benzene rings is 2. The van der Waals surface area contributed by atoms with Crippen LogP contribution in [0, 0.1) is 11.3 Å². The van der Waals surface area contributed by atoms with Gasteiger partial charge in [-0.2, -0.15) is 0 Å². The highest BCUT2D eigenvalue weighted by molar-refractivity contribution is 5.96. The van der Waals surface area contributed by atoms with Crippen molar-refractivity contribution >= 4 is 10.9 Å². The van der Waals surface area contributed by atoms with E-state index in [4.69, 9.17) is 4.98 Å². The van der Waals surface area contributed by atoms with Crippen molar-refractivity contribution in [2.24, 2.45) is 11.3 Å². The van der Waals surface area contributed by atoms with Crippen molar-refractivity contribution in [3.63, 3.8) is 0 Å². The zero-order valence-electron chi connectivity index (χ0n) is 14.8.